The second-order valence-corrected chi connectivity index (χ2v) is 3.70. The molecular formula is C10H22N2. The molecule has 0 aromatic carbocycles. The van der Waals surface area contributed by atoms with Gasteiger partial charge in [-0.15, -0.1) is 0 Å². The first-order valence-electron chi connectivity index (χ1n) is 5.27. The van der Waals surface area contributed by atoms with Gasteiger partial charge in [0.1, 0.15) is 0 Å². The van der Waals surface area contributed by atoms with E-state index >= 15 is 0 Å². The van der Waals surface area contributed by atoms with Crippen LogP contribution < -0.4 is 0 Å². The molecule has 0 aromatic heterocycles. The van der Waals surface area contributed by atoms with Gasteiger partial charge in [-0.25, -0.2) is 0 Å². The average Bonchev–Trinajstić information content (AvgIpc) is 2.38. The standard InChI is InChI=1S/C10H22N2/c1-4-6-11-8-9-12(7-5-2)10(11)3/h10H,4-9H2,1-3H3. The zero-order chi connectivity index (χ0) is 8.97. The molecule has 72 valence electrons. The number of hydrogen-bond acceptors (Lipinski definition) is 2. The van der Waals surface area contributed by atoms with Gasteiger partial charge in [0, 0.05) is 13.1 Å². The highest BCUT2D eigenvalue weighted by molar-refractivity contribution is 4.77. The van der Waals surface area contributed by atoms with Crippen LogP contribution in [0.15, 0.2) is 0 Å². The van der Waals surface area contributed by atoms with Crippen molar-refractivity contribution in [1.29, 1.82) is 0 Å². The maximum Gasteiger partial charge on any atom is 0.0594 e. The minimum absolute atomic E-state index is 0.685. The quantitative estimate of drug-likeness (QED) is 0.634. The van der Waals surface area contributed by atoms with Gasteiger partial charge in [0.2, 0.25) is 0 Å². The Balaban J connectivity index is 2.32. The van der Waals surface area contributed by atoms with Crippen molar-refractivity contribution in [3.8, 4) is 0 Å². The molecule has 0 aliphatic carbocycles. The number of hydrogen-bond donors (Lipinski definition) is 0. The summed E-state index contributed by atoms with van der Waals surface area (Å²) in [6.07, 6.45) is 3.25. The summed E-state index contributed by atoms with van der Waals surface area (Å²) >= 11 is 0. The van der Waals surface area contributed by atoms with Gasteiger partial charge < -0.3 is 0 Å². The highest BCUT2D eigenvalue weighted by Gasteiger charge is 2.25. The Morgan fingerprint density at radius 2 is 1.42 bits per heavy atom. The van der Waals surface area contributed by atoms with Crippen molar-refractivity contribution in [3.63, 3.8) is 0 Å². The fraction of sp³-hybridized carbons (Fsp3) is 1.00. The van der Waals surface area contributed by atoms with Gasteiger partial charge in [-0.3, -0.25) is 9.80 Å². The molecule has 0 atom stereocenters. The first-order valence-corrected chi connectivity index (χ1v) is 5.27. The van der Waals surface area contributed by atoms with E-state index in [4.69, 9.17) is 0 Å². The lowest BCUT2D eigenvalue weighted by Crippen LogP contribution is -2.36. The summed E-state index contributed by atoms with van der Waals surface area (Å²) in [6, 6.07) is 0. The van der Waals surface area contributed by atoms with E-state index in [2.05, 4.69) is 30.6 Å². The lowest BCUT2D eigenvalue weighted by atomic mass is 10.4. The van der Waals surface area contributed by atoms with Crippen molar-refractivity contribution < 1.29 is 0 Å². The van der Waals surface area contributed by atoms with Crippen molar-refractivity contribution in [2.75, 3.05) is 26.2 Å². The van der Waals surface area contributed by atoms with Crippen molar-refractivity contribution in [1.82, 2.24) is 9.80 Å². The molecule has 0 bridgehead atoms. The molecule has 0 amide bonds. The van der Waals surface area contributed by atoms with Crippen LogP contribution in [0.25, 0.3) is 0 Å². The van der Waals surface area contributed by atoms with Gasteiger partial charge in [0.25, 0.3) is 0 Å². The normalized spacial score (nSPS) is 22.2. The lowest BCUT2D eigenvalue weighted by Gasteiger charge is -2.26. The van der Waals surface area contributed by atoms with Crippen LogP contribution in [0, 0.1) is 0 Å². The topological polar surface area (TPSA) is 6.48 Å². The van der Waals surface area contributed by atoms with E-state index in [9.17, 15) is 0 Å². The molecule has 1 heterocycles. The molecule has 1 aliphatic heterocycles. The van der Waals surface area contributed by atoms with Crippen molar-refractivity contribution in [2.24, 2.45) is 0 Å². The largest absolute Gasteiger partial charge is 0.287 e. The lowest BCUT2D eigenvalue weighted by molar-refractivity contribution is 0.153. The van der Waals surface area contributed by atoms with Crippen LogP contribution in [0.5, 0.6) is 0 Å². The van der Waals surface area contributed by atoms with Crippen molar-refractivity contribution in [2.45, 2.75) is 39.8 Å². The Kier molecular flexibility index (Phi) is 4.02. The Hall–Kier alpha value is -0.0800. The maximum absolute atomic E-state index is 2.58. The predicted molar refractivity (Wildman–Crippen MR) is 53.2 cm³/mol. The third-order valence-electron chi connectivity index (χ3n) is 2.75. The molecule has 0 saturated carbocycles. The van der Waals surface area contributed by atoms with Crippen LogP contribution in [0.2, 0.25) is 0 Å². The molecule has 1 fully saturated rings. The molecule has 1 aliphatic rings. The molecule has 0 spiro atoms. The molecule has 2 nitrogen and oxygen atoms in total. The van der Waals surface area contributed by atoms with Crippen LogP contribution in [0.4, 0.5) is 0 Å². The first-order chi connectivity index (χ1) is 5.79. The molecule has 0 unspecified atom stereocenters. The maximum atomic E-state index is 2.58. The summed E-state index contributed by atoms with van der Waals surface area (Å²) in [6.45, 7) is 11.9. The predicted octanol–water partition coefficient (Wildman–Crippen LogP) is 1.77. The molecule has 0 N–H and O–H groups in total. The molecule has 0 radical (unpaired) electrons. The van der Waals surface area contributed by atoms with Gasteiger partial charge in [0.15, 0.2) is 0 Å². The van der Waals surface area contributed by atoms with Crippen LogP contribution >= 0.6 is 0 Å². The number of rotatable bonds is 4. The zero-order valence-electron chi connectivity index (χ0n) is 8.71. The van der Waals surface area contributed by atoms with Crippen molar-refractivity contribution in [3.05, 3.63) is 0 Å². The smallest absolute Gasteiger partial charge is 0.0594 e. The van der Waals surface area contributed by atoms with Gasteiger partial charge in [-0.1, -0.05) is 13.8 Å². The van der Waals surface area contributed by atoms with Crippen LogP contribution in [0.3, 0.4) is 0 Å². The van der Waals surface area contributed by atoms with E-state index in [1.807, 2.05) is 0 Å². The number of nitrogens with zero attached hydrogens (tertiary/aromatic N) is 2. The third-order valence-corrected chi connectivity index (χ3v) is 2.75. The Bertz CT molecular complexity index is 111. The summed E-state index contributed by atoms with van der Waals surface area (Å²) in [5.41, 5.74) is 0. The van der Waals surface area contributed by atoms with E-state index in [-0.39, 0.29) is 0 Å². The fourth-order valence-electron chi connectivity index (χ4n) is 2.03. The average molecular weight is 170 g/mol. The summed E-state index contributed by atoms with van der Waals surface area (Å²) in [4.78, 5) is 5.16. The monoisotopic (exact) mass is 170 g/mol. The highest BCUT2D eigenvalue weighted by atomic mass is 15.4. The van der Waals surface area contributed by atoms with E-state index in [1.165, 1.54) is 39.0 Å². The molecular weight excluding hydrogens is 148 g/mol. The highest BCUT2D eigenvalue weighted by Crippen LogP contribution is 2.14. The minimum atomic E-state index is 0.685. The van der Waals surface area contributed by atoms with Crippen molar-refractivity contribution >= 4 is 0 Å². The van der Waals surface area contributed by atoms with E-state index in [0.29, 0.717) is 6.17 Å². The Labute approximate surface area is 76.5 Å². The van der Waals surface area contributed by atoms with Crippen LogP contribution in [0.1, 0.15) is 33.6 Å². The minimum Gasteiger partial charge on any atom is -0.287 e. The molecule has 1 saturated heterocycles. The van der Waals surface area contributed by atoms with E-state index < -0.39 is 0 Å². The molecule has 0 aromatic rings. The molecule has 1 rings (SSSR count). The fourth-order valence-corrected chi connectivity index (χ4v) is 2.03. The summed E-state index contributed by atoms with van der Waals surface area (Å²) < 4.78 is 0. The molecule has 12 heavy (non-hydrogen) atoms. The Morgan fingerprint density at radius 3 is 1.75 bits per heavy atom. The van der Waals surface area contributed by atoms with Crippen LogP contribution in [-0.2, 0) is 0 Å². The first kappa shape index (κ1) is 10.0. The van der Waals surface area contributed by atoms with Crippen LogP contribution in [-0.4, -0.2) is 42.1 Å². The summed E-state index contributed by atoms with van der Waals surface area (Å²) in [5, 5.41) is 0. The summed E-state index contributed by atoms with van der Waals surface area (Å²) in [5.74, 6) is 0. The molecule has 2 heteroatoms. The van der Waals surface area contributed by atoms with Gasteiger partial charge >= 0.3 is 0 Å². The second kappa shape index (κ2) is 4.83. The second-order valence-electron chi connectivity index (χ2n) is 3.70. The SMILES string of the molecule is CCCN1CCN(CCC)C1C. The third kappa shape index (κ3) is 2.20. The van der Waals surface area contributed by atoms with Gasteiger partial charge in [-0.05, 0) is 32.9 Å². The zero-order valence-corrected chi connectivity index (χ0v) is 8.71. The van der Waals surface area contributed by atoms with E-state index in [0.717, 1.165) is 0 Å². The summed E-state index contributed by atoms with van der Waals surface area (Å²) in [7, 11) is 0. The van der Waals surface area contributed by atoms with Gasteiger partial charge in [-0.2, -0.15) is 0 Å². The Morgan fingerprint density at radius 1 is 1.00 bits per heavy atom. The van der Waals surface area contributed by atoms with E-state index in [1.54, 1.807) is 0 Å². The van der Waals surface area contributed by atoms with Gasteiger partial charge in [0.05, 0.1) is 6.17 Å².